The van der Waals surface area contributed by atoms with E-state index < -0.39 is 0 Å². The normalized spacial score (nSPS) is 13.5. The zero-order valence-corrected chi connectivity index (χ0v) is 16.2. The maximum absolute atomic E-state index is 12.7. The molecular weight excluding hydrogens is 358 g/mol. The molecule has 4 rings (SSSR count). The van der Waals surface area contributed by atoms with Crippen molar-refractivity contribution in [3.8, 4) is 5.69 Å². The van der Waals surface area contributed by atoms with Gasteiger partial charge in [-0.15, -0.1) is 5.10 Å². The lowest BCUT2D eigenvalue weighted by molar-refractivity contribution is -0.129. The van der Waals surface area contributed by atoms with Crippen molar-refractivity contribution in [2.45, 2.75) is 32.0 Å². The molecule has 138 valence electrons. The van der Waals surface area contributed by atoms with Gasteiger partial charge >= 0.3 is 0 Å². The molecule has 1 amide bonds. The Labute approximate surface area is 162 Å². The van der Waals surface area contributed by atoms with Gasteiger partial charge in [0.15, 0.2) is 0 Å². The number of carbonyl (C=O) groups is 1. The van der Waals surface area contributed by atoms with Crippen molar-refractivity contribution in [2.75, 3.05) is 12.3 Å². The monoisotopic (exact) mass is 379 g/mol. The summed E-state index contributed by atoms with van der Waals surface area (Å²) in [7, 11) is 0. The number of hydrogen-bond donors (Lipinski definition) is 0. The summed E-state index contributed by atoms with van der Waals surface area (Å²) in [4.78, 5) is 14.6. The third-order valence-corrected chi connectivity index (χ3v) is 5.60. The molecule has 0 fully saturated rings. The van der Waals surface area contributed by atoms with Crippen molar-refractivity contribution in [3.05, 3.63) is 64.7 Å². The second kappa shape index (κ2) is 7.52. The van der Waals surface area contributed by atoms with Crippen molar-refractivity contribution < 1.29 is 4.79 Å². The molecule has 0 saturated heterocycles. The first kappa shape index (κ1) is 17.7. The van der Waals surface area contributed by atoms with Gasteiger partial charge < -0.3 is 4.90 Å². The fourth-order valence-corrected chi connectivity index (χ4v) is 4.22. The fourth-order valence-electron chi connectivity index (χ4n) is 3.43. The van der Waals surface area contributed by atoms with Crippen LogP contribution < -0.4 is 0 Å². The van der Waals surface area contributed by atoms with Crippen LogP contribution in [0, 0.1) is 13.8 Å². The van der Waals surface area contributed by atoms with Crippen LogP contribution in [0.1, 0.15) is 22.3 Å². The largest absolute Gasteiger partial charge is 0.337 e. The van der Waals surface area contributed by atoms with Crippen LogP contribution in [0.15, 0.2) is 47.6 Å². The average Bonchev–Trinajstić information content (AvgIpc) is 3.13. The Bertz CT molecular complexity index is 964. The molecule has 7 heteroatoms. The molecule has 2 heterocycles. The van der Waals surface area contributed by atoms with E-state index in [1.807, 2.05) is 36.9 Å². The highest BCUT2D eigenvalue weighted by Crippen LogP contribution is 2.23. The van der Waals surface area contributed by atoms with Crippen molar-refractivity contribution in [3.63, 3.8) is 0 Å². The van der Waals surface area contributed by atoms with E-state index in [4.69, 9.17) is 0 Å². The Morgan fingerprint density at radius 2 is 1.85 bits per heavy atom. The molecule has 0 atom stereocenters. The highest BCUT2D eigenvalue weighted by atomic mass is 32.2. The summed E-state index contributed by atoms with van der Waals surface area (Å²) in [5.41, 5.74) is 5.80. The minimum atomic E-state index is 0.115. The van der Waals surface area contributed by atoms with E-state index in [9.17, 15) is 4.79 Å². The number of hydrogen-bond acceptors (Lipinski definition) is 5. The minimum absolute atomic E-state index is 0.115. The zero-order chi connectivity index (χ0) is 18.8. The summed E-state index contributed by atoms with van der Waals surface area (Å²) >= 11 is 1.38. The molecule has 0 unspecified atom stereocenters. The second-order valence-electron chi connectivity index (χ2n) is 6.84. The Balaban J connectivity index is 1.44. The van der Waals surface area contributed by atoms with Gasteiger partial charge in [0.1, 0.15) is 0 Å². The number of rotatable bonds is 4. The van der Waals surface area contributed by atoms with Gasteiger partial charge in [-0.1, -0.05) is 42.1 Å². The lowest BCUT2D eigenvalue weighted by Crippen LogP contribution is -2.37. The minimum Gasteiger partial charge on any atom is -0.337 e. The first-order chi connectivity index (χ1) is 13.1. The predicted octanol–water partition coefficient (Wildman–Crippen LogP) is 2.96. The van der Waals surface area contributed by atoms with Crippen molar-refractivity contribution in [1.29, 1.82) is 0 Å². The summed E-state index contributed by atoms with van der Waals surface area (Å²) in [6.45, 7) is 5.53. The summed E-state index contributed by atoms with van der Waals surface area (Å²) in [5, 5.41) is 12.6. The number of fused-ring (bicyclic) bond motifs is 1. The van der Waals surface area contributed by atoms with Crippen molar-refractivity contribution >= 4 is 17.7 Å². The van der Waals surface area contributed by atoms with Crippen LogP contribution in [0.4, 0.5) is 0 Å². The van der Waals surface area contributed by atoms with Crippen LogP contribution in [-0.4, -0.2) is 43.3 Å². The van der Waals surface area contributed by atoms with Gasteiger partial charge in [-0.3, -0.25) is 4.79 Å². The zero-order valence-electron chi connectivity index (χ0n) is 15.4. The van der Waals surface area contributed by atoms with E-state index in [0.717, 1.165) is 29.8 Å². The van der Waals surface area contributed by atoms with E-state index >= 15 is 0 Å². The highest BCUT2D eigenvalue weighted by molar-refractivity contribution is 7.99. The number of amides is 1. The third-order valence-electron chi connectivity index (χ3n) is 4.70. The first-order valence-corrected chi connectivity index (χ1v) is 9.93. The summed E-state index contributed by atoms with van der Waals surface area (Å²) in [6.07, 6.45) is 0.910. The maximum atomic E-state index is 12.7. The quantitative estimate of drug-likeness (QED) is 0.652. The molecule has 1 aliphatic heterocycles. The predicted molar refractivity (Wildman–Crippen MR) is 105 cm³/mol. The number of tetrazole rings is 1. The van der Waals surface area contributed by atoms with Gasteiger partial charge in [0.2, 0.25) is 11.1 Å². The maximum Gasteiger partial charge on any atom is 0.233 e. The smallest absolute Gasteiger partial charge is 0.233 e. The molecule has 27 heavy (non-hydrogen) atoms. The lowest BCUT2D eigenvalue weighted by Gasteiger charge is -2.28. The number of carbonyl (C=O) groups excluding carboxylic acids is 1. The van der Waals surface area contributed by atoms with Gasteiger partial charge in [-0.25, -0.2) is 0 Å². The van der Waals surface area contributed by atoms with E-state index in [2.05, 4.69) is 39.8 Å². The molecule has 6 nitrogen and oxygen atoms in total. The molecule has 0 aliphatic carbocycles. The van der Waals surface area contributed by atoms with Gasteiger partial charge in [0.05, 0.1) is 11.4 Å². The van der Waals surface area contributed by atoms with Crippen LogP contribution in [0.3, 0.4) is 0 Å². The third kappa shape index (κ3) is 3.88. The van der Waals surface area contributed by atoms with Crippen LogP contribution in [-0.2, 0) is 17.8 Å². The van der Waals surface area contributed by atoms with Crippen LogP contribution in [0.2, 0.25) is 0 Å². The lowest BCUT2D eigenvalue weighted by atomic mass is 10.00. The first-order valence-electron chi connectivity index (χ1n) is 8.94. The van der Waals surface area contributed by atoms with E-state index in [1.165, 1.54) is 22.9 Å². The molecule has 0 saturated carbocycles. The SMILES string of the molecule is Cc1cc(C)cc(-n2nnnc2SCC(=O)N2CCc3ccccc3C2)c1. The van der Waals surface area contributed by atoms with Gasteiger partial charge in [0.25, 0.3) is 0 Å². The molecular formula is C20H21N5OS. The Kier molecular flexibility index (Phi) is 4.94. The molecule has 0 radical (unpaired) electrons. The van der Waals surface area contributed by atoms with Crippen LogP contribution >= 0.6 is 11.8 Å². The van der Waals surface area contributed by atoms with Crippen molar-refractivity contribution in [2.24, 2.45) is 0 Å². The molecule has 0 N–H and O–H groups in total. The fraction of sp³-hybridized carbons (Fsp3) is 0.300. The average molecular weight is 379 g/mol. The number of nitrogens with zero attached hydrogens (tertiary/aromatic N) is 5. The Hall–Kier alpha value is -2.67. The highest BCUT2D eigenvalue weighted by Gasteiger charge is 2.21. The summed E-state index contributed by atoms with van der Waals surface area (Å²) in [6, 6.07) is 14.5. The molecule has 0 spiro atoms. The Morgan fingerprint density at radius 1 is 1.11 bits per heavy atom. The second-order valence-corrected chi connectivity index (χ2v) is 7.78. The van der Waals surface area contributed by atoms with E-state index in [-0.39, 0.29) is 5.91 Å². The van der Waals surface area contributed by atoms with E-state index in [0.29, 0.717) is 17.5 Å². The number of benzene rings is 2. The van der Waals surface area contributed by atoms with Gasteiger partial charge in [-0.2, -0.15) is 4.68 Å². The molecule has 0 bridgehead atoms. The number of aromatic nitrogens is 4. The standard InChI is InChI=1S/C20H21N5OS/c1-14-9-15(2)11-18(10-14)25-20(21-22-23-25)27-13-19(26)24-8-7-16-5-3-4-6-17(16)12-24/h3-6,9-11H,7-8,12-13H2,1-2H3. The van der Waals surface area contributed by atoms with Crippen molar-refractivity contribution in [1.82, 2.24) is 25.1 Å². The van der Waals surface area contributed by atoms with Gasteiger partial charge in [-0.05, 0) is 65.1 Å². The molecule has 3 aromatic rings. The number of aryl methyl sites for hydroxylation is 2. The topological polar surface area (TPSA) is 63.9 Å². The summed E-state index contributed by atoms with van der Waals surface area (Å²) < 4.78 is 1.70. The number of thioether (sulfide) groups is 1. The molecule has 1 aromatic heterocycles. The van der Waals surface area contributed by atoms with Gasteiger partial charge in [0, 0.05) is 13.1 Å². The summed E-state index contributed by atoms with van der Waals surface area (Å²) in [5.74, 6) is 0.442. The molecule has 1 aliphatic rings. The van der Waals surface area contributed by atoms with Crippen LogP contribution in [0.25, 0.3) is 5.69 Å². The Morgan fingerprint density at radius 3 is 2.63 bits per heavy atom. The molecule has 2 aromatic carbocycles. The van der Waals surface area contributed by atoms with E-state index in [1.54, 1.807) is 4.68 Å². The van der Waals surface area contributed by atoms with Crippen LogP contribution in [0.5, 0.6) is 0 Å².